The minimum atomic E-state index is -3.69. The molecule has 0 bridgehead atoms. The Bertz CT molecular complexity index is 931. The van der Waals surface area contributed by atoms with Gasteiger partial charge >= 0.3 is 0 Å². The van der Waals surface area contributed by atoms with Crippen molar-refractivity contribution < 1.29 is 22.3 Å². The Morgan fingerprint density at radius 2 is 1.77 bits per heavy atom. The number of rotatable bonds is 11. The van der Waals surface area contributed by atoms with Gasteiger partial charge in [-0.2, -0.15) is 15.0 Å². The van der Waals surface area contributed by atoms with Crippen molar-refractivity contribution in [3.63, 3.8) is 0 Å². The van der Waals surface area contributed by atoms with Crippen LogP contribution < -0.4 is 10.0 Å². The van der Waals surface area contributed by atoms with Crippen molar-refractivity contribution in [1.82, 2.24) is 15.0 Å². The van der Waals surface area contributed by atoms with Crippen LogP contribution in [-0.2, 0) is 15.9 Å². The molecule has 0 fully saturated rings. The zero-order valence-electron chi connectivity index (χ0n) is 16.8. The summed E-state index contributed by atoms with van der Waals surface area (Å²) in [5.74, 6) is -3.82. The van der Waals surface area contributed by atoms with Gasteiger partial charge in [0.2, 0.25) is 21.9 Å². The molecule has 0 radical (unpaired) electrons. The van der Waals surface area contributed by atoms with Crippen molar-refractivity contribution in [2.24, 2.45) is 5.92 Å². The number of aliphatic hydroxyl groups excluding tert-OH is 1. The molecule has 0 unspecified atom stereocenters. The summed E-state index contributed by atoms with van der Waals surface area (Å²) >= 11 is 0.676. The van der Waals surface area contributed by atoms with Gasteiger partial charge in [-0.05, 0) is 12.3 Å². The number of nitrogens with one attached hydrogen (secondary N) is 2. The number of nitrogens with zero attached hydrogens (tertiary/aromatic N) is 3. The number of aromatic nitrogens is 3. The monoisotopic (exact) mass is 461 g/mol. The molecule has 0 saturated carbocycles. The normalized spacial score (nSPS) is 13.3. The Labute approximate surface area is 179 Å². The SMILES string of the molecule is CC(C)C[C@H](CO)Nc1nc(NS(C)(=O)=O)nc(SCC(F)(F)c2ccccc2)n1. The highest BCUT2D eigenvalue weighted by molar-refractivity contribution is 7.99. The smallest absolute Gasteiger partial charge is 0.282 e. The van der Waals surface area contributed by atoms with Crippen molar-refractivity contribution in [2.75, 3.05) is 28.7 Å². The quantitative estimate of drug-likeness (QED) is 0.437. The summed E-state index contributed by atoms with van der Waals surface area (Å²) in [6, 6.07) is 6.97. The van der Waals surface area contributed by atoms with Crippen molar-refractivity contribution in [1.29, 1.82) is 0 Å². The average Bonchev–Trinajstić information content (AvgIpc) is 2.65. The number of anilines is 2. The number of sulfonamides is 1. The van der Waals surface area contributed by atoms with Crippen molar-refractivity contribution in [2.45, 2.75) is 37.4 Å². The molecule has 1 aromatic heterocycles. The maximum absolute atomic E-state index is 14.5. The minimum absolute atomic E-state index is 0.0126. The topological polar surface area (TPSA) is 117 Å². The maximum Gasteiger partial charge on any atom is 0.282 e. The number of hydrogen-bond acceptors (Lipinski definition) is 8. The number of halogens is 2. The van der Waals surface area contributed by atoms with Crippen molar-refractivity contribution in [3.05, 3.63) is 35.9 Å². The molecule has 2 rings (SSSR count). The Morgan fingerprint density at radius 3 is 2.33 bits per heavy atom. The fourth-order valence-electron chi connectivity index (χ4n) is 2.55. The summed E-state index contributed by atoms with van der Waals surface area (Å²) in [7, 11) is -3.69. The van der Waals surface area contributed by atoms with E-state index in [0.29, 0.717) is 18.2 Å². The minimum Gasteiger partial charge on any atom is -0.394 e. The lowest BCUT2D eigenvalue weighted by molar-refractivity contribution is 0.0231. The molecular weight excluding hydrogens is 436 g/mol. The molecule has 12 heteroatoms. The van der Waals surface area contributed by atoms with Crippen LogP contribution in [0.1, 0.15) is 25.8 Å². The standard InChI is InChI=1S/C18H25F2N5O3S2/c1-12(2)9-14(10-26)21-15-22-16(25-30(3,27)28)24-17(23-15)29-11-18(19,20)13-7-5-4-6-8-13/h4-8,12,14,26H,9-11H2,1-3H3,(H2,21,22,23,24,25)/t14-/m1/s1. The summed E-state index contributed by atoms with van der Waals surface area (Å²) in [6.07, 6.45) is 1.53. The van der Waals surface area contributed by atoms with Crippen LogP contribution in [0, 0.1) is 5.92 Å². The van der Waals surface area contributed by atoms with E-state index < -0.39 is 21.7 Å². The van der Waals surface area contributed by atoms with Crippen LogP contribution in [-0.4, -0.2) is 53.1 Å². The Kier molecular flexibility index (Phi) is 8.33. The molecular formula is C18H25F2N5O3S2. The fourth-order valence-corrected chi connectivity index (χ4v) is 3.75. The van der Waals surface area contributed by atoms with Crippen molar-refractivity contribution >= 4 is 33.7 Å². The van der Waals surface area contributed by atoms with E-state index in [4.69, 9.17) is 0 Å². The van der Waals surface area contributed by atoms with Gasteiger partial charge in [-0.1, -0.05) is 55.9 Å². The highest BCUT2D eigenvalue weighted by Gasteiger charge is 2.32. The van der Waals surface area contributed by atoms with Gasteiger partial charge in [0.25, 0.3) is 5.92 Å². The first-order valence-corrected chi connectivity index (χ1v) is 12.0. The molecule has 30 heavy (non-hydrogen) atoms. The Hall–Kier alpha value is -2.05. The highest BCUT2D eigenvalue weighted by atomic mass is 32.2. The molecule has 1 aromatic carbocycles. The van der Waals surface area contributed by atoms with Crippen LogP contribution in [0.25, 0.3) is 0 Å². The van der Waals surface area contributed by atoms with Gasteiger partial charge in [-0.25, -0.2) is 17.2 Å². The molecule has 0 amide bonds. The fraction of sp³-hybridized carbons (Fsp3) is 0.500. The summed E-state index contributed by atoms with van der Waals surface area (Å²) in [6.45, 7) is 3.75. The summed E-state index contributed by atoms with van der Waals surface area (Å²) in [5, 5.41) is 12.4. The van der Waals surface area contributed by atoms with E-state index in [1.54, 1.807) is 6.07 Å². The summed E-state index contributed by atoms with van der Waals surface area (Å²) < 4.78 is 54.2. The molecule has 2 aromatic rings. The Balaban J connectivity index is 2.25. The van der Waals surface area contributed by atoms with Gasteiger partial charge in [0, 0.05) is 5.56 Å². The molecule has 3 N–H and O–H groups in total. The van der Waals surface area contributed by atoms with Crippen molar-refractivity contribution in [3.8, 4) is 0 Å². The maximum atomic E-state index is 14.5. The number of thioether (sulfide) groups is 1. The largest absolute Gasteiger partial charge is 0.394 e. The molecule has 0 aliphatic heterocycles. The van der Waals surface area contributed by atoms with Gasteiger partial charge in [0.15, 0.2) is 5.16 Å². The van der Waals surface area contributed by atoms with Crippen LogP contribution in [0.2, 0.25) is 0 Å². The van der Waals surface area contributed by atoms with E-state index in [9.17, 15) is 22.3 Å². The zero-order chi connectivity index (χ0) is 22.4. The lowest BCUT2D eigenvalue weighted by Crippen LogP contribution is -2.27. The summed E-state index contributed by atoms with van der Waals surface area (Å²) in [5.41, 5.74) is -0.142. The summed E-state index contributed by atoms with van der Waals surface area (Å²) in [4.78, 5) is 12.0. The van der Waals surface area contributed by atoms with E-state index in [1.807, 2.05) is 13.8 Å². The Morgan fingerprint density at radius 1 is 1.13 bits per heavy atom. The first-order valence-electron chi connectivity index (χ1n) is 9.16. The third-order valence-corrected chi connectivity index (χ3v) is 5.28. The highest BCUT2D eigenvalue weighted by Crippen LogP contribution is 2.33. The van der Waals surface area contributed by atoms with E-state index in [-0.39, 0.29) is 41.2 Å². The van der Waals surface area contributed by atoms with Gasteiger partial charge in [0.05, 0.1) is 24.7 Å². The average molecular weight is 462 g/mol. The van der Waals surface area contributed by atoms with Crippen LogP contribution in [0.4, 0.5) is 20.7 Å². The second-order valence-electron chi connectivity index (χ2n) is 7.15. The zero-order valence-corrected chi connectivity index (χ0v) is 18.5. The molecule has 8 nitrogen and oxygen atoms in total. The number of hydrogen-bond donors (Lipinski definition) is 3. The van der Waals surface area contributed by atoms with Crippen LogP contribution >= 0.6 is 11.8 Å². The number of benzene rings is 1. The first kappa shape index (κ1) is 24.2. The third kappa shape index (κ3) is 8.00. The van der Waals surface area contributed by atoms with Gasteiger partial charge < -0.3 is 10.4 Å². The van der Waals surface area contributed by atoms with E-state index in [2.05, 4.69) is 25.0 Å². The van der Waals surface area contributed by atoms with Crippen LogP contribution in [0.15, 0.2) is 35.5 Å². The van der Waals surface area contributed by atoms with Gasteiger partial charge in [-0.3, -0.25) is 4.72 Å². The van der Waals surface area contributed by atoms with Crippen LogP contribution in [0.5, 0.6) is 0 Å². The predicted molar refractivity (Wildman–Crippen MR) is 113 cm³/mol. The number of alkyl halides is 2. The molecule has 1 atom stereocenters. The molecule has 0 aliphatic rings. The lowest BCUT2D eigenvalue weighted by atomic mass is 10.0. The molecule has 0 spiro atoms. The van der Waals surface area contributed by atoms with E-state index in [1.165, 1.54) is 24.3 Å². The lowest BCUT2D eigenvalue weighted by Gasteiger charge is -2.19. The molecule has 0 saturated heterocycles. The predicted octanol–water partition coefficient (Wildman–Crippen LogP) is 2.95. The number of aliphatic hydroxyl groups is 1. The molecule has 1 heterocycles. The van der Waals surface area contributed by atoms with Crippen LogP contribution in [0.3, 0.4) is 0 Å². The van der Waals surface area contributed by atoms with Gasteiger partial charge in [0.1, 0.15) is 0 Å². The molecule has 166 valence electrons. The van der Waals surface area contributed by atoms with Gasteiger partial charge in [-0.15, -0.1) is 0 Å². The second-order valence-corrected chi connectivity index (χ2v) is 9.84. The third-order valence-electron chi connectivity index (χ3n) is 3.78. The van der Waals surface area contributed by atoms with E-state index in [0.717, 1.165) is 6.26 Å². The van der Waals surface area contributed by atoms with E-state index >= 15 is 0 Å². The second kappa shape index (κ2) is 10.3. The first-order chi connectivity index (χ1) is 14.0. The molecule has 0 aliphatic carbocycles.